The zero-order chi connectivity index (χ0) is 9.68. The molecule has 1 rings (SSSR count). The summed E-state index contributed by atoms with van der Waals surface area (Å²) in [5, 5.41) is 0. The highest BCUT2D eigenvalue weighted by Gasteiger charge is 2.13. The molecule has 3 nitrogen and oxygen atoms in total. The number of rotatable bonds is 4. The highest BCUT2D eigenvalue weighted by molar-refractivity contribution is 5.77. The van der Waals surface area contributed by atoms with Crippen LogP contribution in [-0.2, 0) is 9.53 Å². The van der Waals surface area contributed by atoms with Crippen LogP contribution >= 0.6 is 0 Å². The van der Waals surface area contributed by atoms with Crippen molar-refractivity contribution in [3.8, 4) is 0 Å². The second kappa shape index (κ2) is 5.35. The Labute approximate surface area is 80.1 Å². The van der Waals surface area contributed by atoms with Crippen LogP contribution in [0.25, 0.3) is 0 Å². The molecule has 1 saturated heterocycles. The summed E-state index contributed by atoms with van der Waals surface area (Å²) in [4.78, 5) is 13.3. The van der Waals surface area contributed by atoms with E-state index in [9.17, 15) is 4.79 Å². The Kier molecular flexibility index (Phi) is 4.39. The number of carbonyl (C=O) groups excluding carboxylic acids is 1. The van der Waals surface area contributed by atoms with Crippen LogP contribution < -0.4 is 0 Å². The van der Waals surface area contributed by atoms with Gasteiger partial charge in [-0.15, -0.1) is 0 Å². The summed E-state index contributed by atoms with van der Waals surface area (Å²) in [5.74, 6) is 0.510. The van der Waals surface area contributed by atoms with Gasteiger partial charge in [-0.2, -0.15) is 0 Å². The van der Waals surface area contributed by atoms with E-state index < -0.39 is 0 Å². The van der Waals surface area contributed by atoms with Crippen LogP contribution in [0, 0.1) is 5.92 Å². The summed E-state index contributed by atoms with van der Waals surface area (Å²) in [5.41, 5.74) is 0. The van der Waals surface area contributed by atoms with Gasteiger partial charge in [0.1, 0.15) is 5.78 Å². The van der Waals surface area contributed by atoms with E-state index in [1.807, 2.05) is 6.92 Å². The Hall–Kier alpha value is -0.410. The number of morpholine rings is 1. The van der Waals surface area contributed by atoms with Crippen molar-refractivity contribution in [1.82, 2.24) is 4.90 Å². The standard InChI is InChI=1S/C10H19NO2/c1-9(10(2)12)3-4-11-5-7-13-8-6-11/h9H,3-8H2,1-2H3. The molecule has 1 aliphatic heterocycles. The lowest BCUT2D eigenvalue weighted by molar-refractivity contribution is -0.120. The van der Waals surface area contributed by atoms with E-state index in [1.54, 1.807) is 6.92 Å². The largest absolute Gasteiger partial charge is 0.379 e. The van der Waals surface area contributed by atoms with E-state index >= 15 is 0 Å². The molecule has 0 aromatic heterocycles. The van der Waals surface area contributed by atoms with Crippen molar-refractivity contribution in [2.24, 2.45) is 5.92 Å². The predicted octanol–water partition coefficient (Wildman–Crippen LogP) is 0.934. The molecule has 13 heavy (non-hydrogen) atoms. The third kappa shape index (κ3) is 3.87. The maximum Gasteiger partial charge on any atom is 0.132 e. The second-order valence-corrected chi connectivity index (χ2v) is 3.75. The molecule has 0 aromatic rings. The summed E-state index contributed by atoms with van der Waals surface area (Å²) < 4.78 is 5.25. The topological polar surface area (TPSA) is 29.5 Å². The Morgan fingerprint density at radius 2 is 2.08 bits per heavy atom. The summed E-state index contributed by atoms with van der Waals surface area (Å²) in [6.45, 7) is 8.43. The molecule has 76 valence electrons. The molecule has 1 aliphatic rings. The first-order valence-corrected chi connectivity index (χ1v) is 5.00. The fraction of sp³-hybridized carbons (Fsp3) is 0.900. The number of ketones is 1. The van der Waals surface area contributed by atoms with Crippen molar-refractivity contribution in [2.75, 3.05) is 32.8 Å². The molecule has 0 spiro atoms. The molecule has 0 aromatic carbocycles. The van der Waals surface area contributed by atoms with E-state index in [1.165, 1.54) is 0 Å². The lowest BCUT2D eigenvalue weighted by atomic mass is 10.0. The Morgan fingerprint density at radius 3 is 2.62 bits per heavy atom. The van der Waals surface area contributed by atoms with Crippen molar-refractivity contribution >= 4 is 5.78 Å². The second-order valence-electron chi connectivity index (χ2n) is 3.75. The van der Waals surface area contributed by atoms with Crippen molar-refractivity contribution < 1.29 is 9.53 Å². The molecule has 0 saturated carbocycles. The molecule has 1 heterocycles. The number of hydrogen-bond donors (Lipinski definition) is 0. The molecule has 0 amide bonds. The van der Waals surface area contributed by atoms with Crippen molar-refractivity contribution in [3.63, 3.8) is 0 Å². The average Bonchev–Trinajstić information content (AvgIpc) is 2.15. The minimum atomic E-state index is 0.211. The molecule has 0 N–H and O–H groups in total. The van der Waals surface area contributed by atoms with Gasteiger partial charge in [-0.05, 0) is 19.9 Å². The first kappa shape index (κ1) is 10.7. The van der Waals surface area contributed by atoms with Crippen molar-refractivity contribution in [3.05, 3.63) is 0 Å². The smallest absolute Gasteiger partial charge is 0.132 e. The van der Waals surface area contributed by atoms with Crippen LogP contribution in [0.5, 0.6) is 0 Å². The molecule has 0 aliphatic carbocycles. The molecular weight excluding hydrogens is 166 g/mol. The Bertz CT molecular complexity index is 164. The van der Waals surface area contributed by atoms with E-state index in [4.69, 9.17) is 4.74 Å². The third-order valence-corrected chi connectivity index (χ3v) is 2.68. The quantitative estimate of drug-likeness (QED) is 0.652. The van der Waals surface area contributed by atoms with Gasteiger partial charge in [-0.25, -0.2) is 0 Å². The molecule has 1 unspecified atom stereocenters. The van der Waals surface area contributed by atoms with Crippen LogP contribution in [0.1, 0.15) is 20.3 Å². The van der Waals surface area contributed by atoms with Crippen LogP contribution in [0.15, 0.2) is 0 Å². The number of hydrogen-bond acceptors (Lipinski definition) is 3. The first-order chi connectivity index (χ1) is 6.20. The Morgan fingerprint density at radius 1 is 1.46 bits per heavy atom. The molecule has 3 heteroatoms. The number of carbonyl (C=O) groups is 1. The third-order valence-electron chi connectivity index (χ3n) is 2.68. The minimum Gasteiger partial charge on any atom is -0.379 e. The van der Waals surface area contributed by atoms with Gasteiger partial charge in [0, 0.05) is 19.0 Å². The maximum absolute atomic E-state index is 11.0. The highest BCUT2D eigenvalue weighted by atomic mass is 16.5. The fourth-order valence-electron chi connectivity index (χ4n) is 1.40. The van der Waals surface area contributed by atoms with Gasteiger partial charge in [-0.3, -0.25) is 9.69 Å². The molecule has 0 bridgehead atoms. The van der Waals surface area contributed by atoms with E-state index in [0.717, 1.165) is 39.3 Å². The zero-order valence-electron chi connectivity index (χ0n) is 8.58. The van der Waals surface area contributed by atoms with Crippen molar-refractivity contribution in [2.45, 2.75) is 20.3 Å². The fourth-order valence-corrected chi connectivity index (χ4v) is 1.40. The molecule has 0 radical (unpaired) electrons. The lowest BCUT2D eigenvalue weighted by Crippen LogP contribution is -2.37. The summed E-state index contributed by atoms with van der Waals surface area (Å²) in [7, 11) is 0. The molecular formula is C10H19NO2. The van der Waals surface area contributed by atoms with E-state index in [-0.39, 0.29) is 5.92 Å². The highest BCUT2D eigenvalue weighted by Crippen LogP contribution is 2.06. The number of Topliss-reactive ketones (excluding diaryl/α,β-unsaturated/α-hetero) is 1. The van der Waals surface area contributed by atoms with Gasteiger partial charge < -0.3 is 4.74 Å². The first-order valence-electron chi connectivity index (χ1n) is 5.00. The van der Waals surface area contributed by atoms with Crippen LogP contribution in [-0.4, -0.2) is 43.5 Å². The van der Waals surface area contributed by atoms with E-state index in [2.05, 4.69) is 4.90 Å². The summed E-state index contributed by atoms with van der Waals surface area (Å²) >= 11 is 0. The van der Waals surface area contributed by atoms with Gasteiger partial charge in [-0.1, -0.05) is 6.92 Å². The number of nitrogens with zero attached hydrogens (tertiary/aromatic N) is 1. The minimum absolute atomic E-state index is 0.211. The monoisotopic (exact) mass is 185 g/mol. The van der Waals surface area contributed by atoms with Crippen LogP contribution in [0.4, 0.5) is 0 Å². The molecule has 1 fully saturated rings. The van der Waals surface area contributed by atoms with Crippen LogP contribution in [0.2, 0.25) is 0 Å². The Balaban J connectivity index is 2.13. The predicted molar refractivity (Wildman–Crippen MR) is 51.7 cm³/mol. The summed E-state index contributed by atoms with van der Waals surface area (Å²) in [6, 6.07) is 0. The van der Waals surface area contributed by atoms with Gasteiger partial charge >= 0.3 is 0 Å². The normalized spacial score (nSPS) is 21.4. The van der Waals surface area contributed by atoms with Crippen LogP contribution in [0.3, 0.4) is 0 Å². The average molecular weight is 185 g/mol. The van der Waals surface area contributed by atoms with Gasteiger partial charge in [0.2, 0.25) is 0 Å². The van der Waals surface area contributed by atoms with Gasteiger partial charge in [0.25, 0.3) is 0 Å². The summed E-state index contributed by atoms with van der Waals surface area (Å²) in [6.07, 6.45) is 0.981. The van der Waals surface area contributed by atoms with Crippen molar-refractivity contribution in [1.29, 1.82) is 0 Å². The lowest BCUT2D eigenvalue weighted by Gasteiger charge is -2.27. The number of ether oxygens (including phenoxy) is 1. The zero-order valence-corrected chi connectivity index (χ0v) is 8.58. The molecule has 1 atom stereocenters. The van der Waals surface area contributed by atoms with E-state index in [0.29, 0.717) is 5.78 Å². The van der Waals surface area contributed by atoms with Gasteiger partial charge in [0.15, 0.2) is 0 Å². The van der Waals surface area contributed by atoms with Gasteiger partial charge in [0.05, 0.1) is 13.2 Å². The SMILES string of the molecule is CC(=O)C(C)CCN1CCOCC1. The maximum atomic E-state index is 11.0.